The fourth-order valence-electron chi connectivity index (χ4n) is 1.37. The van der Waals surface area contributed by atoms with E-state index in [1.807, 2.05) is 6.07 Å². The van der Waals surface area contributed by atoms with Gasteiger partial charge in [0.15, 0.2) is 11.6 Å². The third-order valence-electron chi connectivity index (χ3n) is 2.23. The standard InChI is InChI=1S/C11H8BrFN6/c12-7-1-2-9(6(3-7)4-14)17-10-8(13)5-16-11(18-10)19-15/h1-3,5H,15H2,(H2,16,17,18,19). The van der Waals surface area contributed by atoms with Crippen LogP contribution in [0.25, 0.3) is 0 Å². The van der Waals surface area contributed by atoms with Gasteiger partial charge in [0.05, 0.1) is 17.4 Å². The number of hydrogen-bond acceptors (Lipinski definition) is 6. The van der Waals surface area contributed by atoms with E-state index in [2.05, 4.69) is 36.6 Å². The number of anilines is 3. The monoisotopic (exact) mass is 322 g/mol. The second kappa shape index (κ2) is 5.60. The van der Waals surface area contributed by atoms with Gasteiger partial charge >= 0.3 is 0 Å². The molecule has 4 N–H and O–H groups in total. The maximum absolute atomic E-state index is 13.6. The molecule has 2 aromatic rings. The zero-order valence-electron chi connectivity index (χ0n) is 9.48. The lowest BCUT2D eigenvalue weighted by Gasteiger charge is -2.09. The second-order valence-corrected chi connectivity index (χ2v) is 4.38. The van der Waals surface area contributed by atoms with Gasteiger partial charge in [-0.1, -0.05) is 15.9 Å². The number of nitrogens with one attached hydrogen (secondary N) is 2. The molecule has 1 aromatic carbocycles. The molecule has 96 valence electrons. The Kier molecular flexibility index (Phi) is 3.89. The van der Waals surface area contributed by atoms with E-state index in [0.717, 1.165) is 10.7 Å². The Hall–Kier alpha value is -2.24. The van der Waals surface area contributed by atoms with E-state index in [1.165, 1.54) is 0 Å². The number of rotatable bonds is 3. The van der Waals surface area contributed by atoms with Crippen molar-refractivity contribution in [3.8, 4) is 6.07 Å². The Morgan fingerprint density at radius 2 is 2.21 bits per heavy atom. The smallest absolute Gasteiger partial charge is 0.239 e. The lowest BCUT2D eigenvalue weighted by molar-refractivity contribution is 0.619. The number of nitrogens with two attached hydrogens (primary N) is 1. The first kappa shape index (κ1) is 13.2. The third-order valence-corrected chi connectivity index (χ3v) is 2.72. The molecule has 0 amide bonds. The van der Waals surface area contributed by atoms with Gasteiger partial charge in [-0.15, -0.1) is 0 Å². The third kappa shape index (κ3) is 2.96. The summed E-state index contributed by atoms with van der Waals surface area (Å²) >= 11 is 3.25. The van der Waals surface area contributed by atoms with Crippen molar-refractivity contribution in [1.82, 2.24) is 9.97 Å². The molecule has 0 saturated heterocycles. The molecule has 6 nitrogen and oxygen atoms in total. The molecule has 0 radical (unpaired) electrons. The minimum atomic E-state index is -0.647. The van der Waals surface area contributed by atoms with Crippen LogP contribution in [0.2, 0.25) is 0 Å². The van der Waals surface area contributed by atoms with E-state index in [9.17, 15) is 4.39 Å². The van der Waals surface area contributed by atoms with E-state index in [1.54, 1.807) is 18.2 Å². The SMILES string of the molecule is N#Cc1cc(Br)ccc1Nc1nc(NN)ncc1F. The highest BCUT2D eigenvalue weighted by molar-refractivity contribution is 9.10. The topological polar surface area (TPSA) is 99.7 Å². The quantitative estimate of drug-likeness (QED) is 0.592. The van der Waals surface area contributed by atoms with Crippen LogP contribution in [0, 0.1) is 17.1 Å². The van der Waals surface area contributed by atoms with Crippen molar-refractivity contribution in [2.24, 2.45) is 5.84 Å². The Morgan fingerprint density at radius 1 is 1.42 bits per heavy atom. The van der Waals surface area contributed by atoms with E-state index < -0.39 is 5.82 Å². The predicted octanol–water partition coefficient (Wildman–Crippen LogP) is 2.28. The molecule has 0 saturated carbocycles. The normalized spacial score (nSPS) is 9.79. The molecule has 2 rings (SSSR count). The summed E-state index contributed by atoms with van der Waals surface area (Å²) < 4.78 is 14.3. The van der Waals surface area contributed by atoms with Crippen LogP contribution in [0.3, 0.4) is 0 Å². The number of hydrazine groups is 1. The highest BCUT2D eigenvalue weighted by Crippen LogP contribution is 2.24. The average molecular weight is 323 g/mol. The molecule has 1 aromatic heterocycles. The van der Waals surface area contributed by atoms with Crippen molar-refractivity contribution >= 4 is 33.4 Å². The van der Waals surface area contributed by atoms with Crippen LogP contribution in [-0.4, -0.2) is 9.97 Å². The van der Waals surface area contributed by atoms with Crippen LogP contribution in [0.15, 0.2) is 28.9 Å². The van der Waals surface area contributed by atoms with E-state index >= 15 is 0 Å². The van der Waals surface area contributed by atoms with Crippen LogP contribution in [-0.2, 0) is 0 Å². The summed E-state index contributed by atoms with van der Waals surface area (Å²) in [6.07, 6.45) is 0.982. The molecule has 8 heteroatoms. The fourth-order valence-corrected chi connectivity index (χ4v) is 1.73. The lowest BCUT2D eigenvalue weighted by atomic mass is 10.2. The Bertz CT molecular complexity index is 654. The molecule has 0 aliphatic rings. The Balaban J connectivity index is 2.39. The molecular weight excluding hydrogens is 315 g/mol. The summed E-state index contributed by atoms with van der Waals surface area (Å²) in [6.45, 7) is 0. The summed E-state index contributed by atoms with van der Waals surface area (Å²) in [7, 11) is 0. The molecule has 0 unspecified atom stereocenters. The molecule has 0 bridgehead atoms. The van der Waals surface area contributed by atoms with Gasteiger partial charge in [0.1, 0.15) is 6.07 Å². The van der Waals surface area contributed by atoms with Crippen molar-refractivity contribution in [1.29, 1.82) is 5.26 Å². The summed E-state index contributed by atoms with van der Waals surface area (Å²) in [5.74, 6) is 4.51. The van der Waals surface area contributed by atoms with Gasteiger partial charge in [0.2, 0.25) is 5.95 Å². The zero-order chi connectivity index (χ0) is 13.8. The maximum atomic E-state index is 13.6. The van der Waals surface area contributed by atoms with Gasteiger partial charge in [0.25, 0.3) is 0 Å². The second-order valence-electron chi connectivity index (χ2n) is 3.46. The molecule has 0 aliphatic carbocycles. The highest BCUT2D eigenvalue weighted by atomic mass is 79.9. The number of halogens is 2. The van der Waals surface area contributed by atoms with Crippen LogP contribution in [0.5, 0.6) is 0 Å². The molecule has 0 spiro atoms. The van der Waals surface area contributed by atoms with E-state index in [4.69, 9.17) is 11.1 Å². The molecule has 0 atom stereocenters. The molecule has 19 heavy (non-hydrogen) atoms. The van der Waals surface area contributed by atoms with Crippen LogP contribution in [0.4, 0.5) is 21.8 Å². The van der Waals surface area contributed by atoms with Crippen molar-refractivity contribution in [3.63, 3.8) is 0 Å². The Labute approximate surface area is 116 Å². The van der Waals surface area contributed by atoms with E-state index in [-0.39, 0.29) is 11.8 Å². The number of nitrogen functional groups attached to an aromatic ring is 1. The van der Waals surface area contributed by atoms with Gasteiger partial charge in [-0.05, 0) is 18.2 Å². The van der Waals surface area contributed by atoms with Gasteiger partial charge in [-0.25, -0.2) is 15.2 Å². The van der Waals surface area contributed by atoms with Gasteiger partial charge in [0, 0.05) is 4.47 Å². The fraction of sp³-hybridized carbons (Fsp3) is 0. The zero-order valence-corrected chi connectivity index (χ0v) is 11.1. The summed E-state index contributed by atoms with van der Waals surface area (Å²) in [5.41, 5.74) is 3.01. The number of hydrogen-bond donors (Lipinski definition) is 3. The number of aromatic nitrogens is 2. The van der Waals surface area contributed by atoms with E-state index in [0.29, 0.717) is 11.3 Å². The largest absolute Gasteiger partial charge is 0.337 e. The highest BCUT2D eigenvalue weighted by Gasteiger charge is 2.09. The van der Waals surface area contributed by atoms with Gasteiger partial charge < -0.3 is 5.32 Å². The minimum Gasteiger partial charge on any atom is -0.337 e. The molecule has 1 heterocycles. The summed E-state index contributed by atoms with van der Waals surface area (Å²) in [5, 5.41) is 11.7. The first-order chi connectivity index (χ1) is 9.13. The average Bonchev–Trinajstić information content (AvgIpc) is 2.43. The van der Waals surface area contributed by atoms with Gasteiger partial charge in [-0.3, -0.25) is 5.43 Å². The number of nitrogens with zero attached hydrogens (tertiary/aromatic N) is 3. The van der Waals surface area contributed by atoms with Crippen LogP contribution in [0.1, 0.15) is 5.56 Å². The number of benzene rings is 1. The van der Waals surface area contributed by atoms with Crippen LogP contribution < -0.4 is 16.6 Å². The first-order valence-electron chi connectivity index (χ1n) is 5.10. The van der Waals surface area contributed by atoms with Gasteiger partial charge in [-0.2, -0.15) is 10.2 Å². The molecule has 0 fully saturated rings. The van der Waals surface area contributed by atoms with Crippen molar-refractivity contribution in [2.75, 3.05) is 10.7 Å². The predicted molar refractivity (Wildman–Crippen MR) is 71.9 cm³/mol. The summed E-state index contributed by atoms with van der Waals surface area (Å²) in [6, 6.07) is 6.99. The maximum Gasteiger partial charge on any atom is 0.239 e. The van der Waals surface area contributed by atoms with Crippen molar-refractivity contribution in [2.45, 2.75) is 0 Å². The first-order valence-corrected chi connectivity index (χ1v) is 5.89. The molecule has 0 aliphatic heterocycles. The van der Waals surface area contributed by atoms with Crippen molar-refractivity contribution in [3.05, 3.63) is 40.2 Å². The number of nitriles is 1. The van der Waals surface area contributed by atoms with Crippen LogP contribution >= 0.6 is 15.9 Å². The summed E-state index contributed by atoms with van der Waals surface area (Å²) in [4.78, 5) is 7.45. The Morgan fingerprint density at radius 3 is 2.89 bits per heavy atom. The van der Waals surface area contributed by atoms with Crippen molar-refractivity contribution < 1.29 is 4.39 Å². The molecular formula is C11H8BrFN6. The minimum absolute atomic E-state index is 0.0678. The lowest BCUT2D eigenvalue weighted by Crippen LogP contribution is -2.12.